The zero-order valence-electron chi connectivity index (χ0n) is 11.8. The van der Waals surface area contributed by atoms with Gasteiger partial charge in [0.25, 0.3) is 0 Å². The standard InChI is InChI=1S/C14H23N3O3/c1-2-3-12(13(18)19)15-14(20)17-8-6-16(7-9-17)10-11-4-5-11/h2,11-12H,1,3-10H2,(H,15,20)(H,18,19). The predicted molar refractivity (Wildman–Crippen MR) is 75.5 cm³/mol. The van der Waals surface area contributed by atoms with Crippen molar-refractivity contribution in [1.82, 2.24) is 15.1 Å². The number of carbonyl (C=O) groups excluding carboxylic acids is 1. The van der Waals surface area contributed by atoms with Crippen LogP contribution >= 0.6 is 0 Å². The number of nitrogens with zero attached hydrogens (tertiary/aromatic N) is 2. The van der Waals surface area contributed by atoms with Crippen molar-refractivity contribution in [3.05, 3.63) is 12.7 Å². The number of carboxylic acids is 1. The number of aliphatic carboxylic acids is 1. The molecule has 2 N–H and O–H groups in total. The average molecular weight is 281 g/mol. The lowest BCUT2D eigenvalue weighted by Gasteiger charge is -2.35. The minimum atomic E-state index is -1.02. The van der Waals surface area contributed by atoms with E-state index in [0.717, 1.165) is 25.6 Å². The summed E-state index contributed by atoms with van der Waals surface area (Å²) in [6, 6.07) is -1.17. The largest absolute Gasteiger partial charge is 0.480 e. The van der Waals surface area contributed by atoms with Crippen LogP contribution in [-0.2, 0) is 4.79 Å². The Balaban J connectivity index is 1.75. The quantitative estimate of drug-likeness (QED) is 0.705. The summed E-state index contributed by atoms with van der Waals surface area (Å²) in [4.78, 5) is 27.1. The highest BCUT2D eigenvalue weighted by molar-refractivity contribution is 5.82. The van der Waals surface area contributed by atoms with E-state index in [4.69, 9.17) is 5.11 Å². The Morgan fingerprint density at radius 3 is 2.45 bits per heavy atom. The lowest BCUT2D eigenvalue weighted by Crippen LogP contribution is -2.54. The smallest absolute Gasteiger partial charge is 0.326 e. The van der Waals surface area contributed by atoms with Crippen LogP contribution in [0.1, 0.15) is 19.3 Å². The molecule has 1 atom stereocenters. The normalized spacial score (nSPS) is 21.3. The van der Waals surface area contributed by atoms with Gasteiger partial charge < -0.3 is 15.3 Å². The van der Waals surface area contributed by atoms with Gasteiger partial charge in [-0.15, -0.1) is 6.58 Å². The van der Waals surface area contributed by atoms with Crippen LogP contribution in [-0.4, -0.2) is 65.7 Å². The molecule has 1 heterocycles. The van der Waals surface area contributed by atoms with Crippen molar-refractivity contribution < 1.29 is 14.7 Å². The van der Waals surface area contributed by atoms with E-state index in [0.29, 0.717) is 13.1 Å². The first-order chi connectivity index (χ1) is 9.60. The van der Waals surface area contributed by atoms with Gasteiger partial charge in [0.2, 0.25) is 0 Å². The van der Waals surface area contributed by atoms with E-state index in [-0.39, 0.29) is 12.5 Å². The van der Waals surface area contributed by atoms with Crippen molar-refractivity contribution in [2.45, 2.75) is 25.3 Å². The fourth-order valence-corrected chi connectivity index (χ4v) is 2.43. The molecule has 6 nitrogen and oxygen atoms in total. The molecule has 0 aromatic rings. The van der Waals surface area contributed by atoms with Gasteiger partial charge in [-0.3, -0.25) is 4.90 Å². The van der Waals surface area contributed by atoms with Gasteiger partial charge in [-0.2, -0.15) is 0 Å². The van der Waals surface area contributed by atoms with Gasteiger partial charge in [0.15, 0.2) is 0 Å². The van der Waals surface area contributed by atoms with Crippen LogP contribution in [0.25, 0.3) is 0 Å². The summed E-state index contributed by atoms with van der Waals surface area (Å²) in [5.41, 5.74) is 0. The lowest BCUT2D eigenvalue weighted by molar-refractivity contribution is -0.139. The molecule has 1 aliphatic carbocycles. The summed E-state index contributed by atoms with van der Waals surface area (Å²) in [6.07, 6.45) is 4.42. The summed E-state index contributed by atoms with van der Waals surface area (Å²) >= 11 is 0. The Morgan fingerprint density at radius 1 is 1.30 bits per heavy atom. The number of carbonyl (C=O) groups is 2. The fourth-order valence-electron chi connectivity index (χ4n) is 2.43. The topological polar surface area (TPSA) is 72.9 Å². The van der Waals surface area contributed by atoms with Crippen molar-refractivity contribution in [3.63, 3.8) is 0 Å². The van der Waals surface area contributed by atoms with E-state index in [9.17, 15) is 9.59 Å². The van der Waals surface area contributed by atoms with E-state index in [1.807, 2.05) is 0 Å². The van der Waals surface area contributed by atoms with Crippen molar-refractivity contribution in [2.24, 2.45) is 5.92 Å². The average Bonchev–Trinajstić information content (AvgIpc) is 3.22. The maximum Gasteiger partial charge on any atom is 0.326 e. The van der Waals surface area contributed by atoms with E-state index in [1.165, 1.54) is 18.9 Å². The molecule has 0 aromatic carbocycles. The van der Waals surface area contributed by atoms with Crippen LogP contribution in [0.5, 0.6) is 0 Å². The Morgan fingerprint density at radius 2 is 1.95 bits per heavy atom. The van der Waals surface area contributed by atoms with Gasteiger partial charge in [-0.05, 0) is 25.2 Å². The molecular weight excluding hydrogens is 258 g/mol. The van der Waals surface area contributed by atoms with Crippen LogP contribution in [0, 0.1) is 5.92 Å². The van der Waals surface area contributed by atoms with Gasteiger partial charge in [-0.25, -0.2) is 9.59 Å². The molecule has 2 fully saturated rings. The first-order valence-electron chi connectivity index (χ1n) is 7.21. The second-order valence-electron chi connectivity index (χ2n) is 5.60. The molecule has 0 aromatic heterocycles. The van der Waals surface area contributed by atoms with Gasteiger partial charge >= 0.3 is 12.0 Å². The summed E-state index contributed by atoms with van der Waals surface area (Å²) in [6.45, 7) is 7.74. The first kappa shape index (κ1) is 14.8. The molecule has 0 radical (unpaired) electrons. The van der Waals surface area contributed by atoms with Crippen molar-refractivity contribution >= 4 is 12.0 Å². The zero-order chi connectivity index (χ0) is 14.5. The van der Waals surface area contributed by atoms with E-state index >= 15 is 0 Å². The Bertz CT molecular complexity index is 374. The van der Waals surface area contributed by atoms with Crippen LogP contribution in [0.4, 0.5) is 4.79 Å². The molecule has 0 bridgehead atoms. The number of amides is 2. The zero-order valence-corrected chi connectivity index (χ0v) is 11.8. The van der Waals surface area contributed by atoms with Gasteiger partial charge in [-0.1, -0.05) is 6.08 Å². The van der Waals surface area contributed by atoms with Gasteiger partial charge in [0.05, 0.1) is 0 Å². The number of carboxylic acid groups (broad SMARTS) is 1. The molecule has 1 saturated carbocycles. The number of nitrogens with one attached hydrogen (secondary N) is 1. The number of hydrogen-bond acceptors (Lipinski definition) is 3. The SMILES string of the molecule is C=CCC(NC(=O)N1CCN(CC2CC2)CC1)C(=O)O. The molecule has 2 amide bonds. The highest BCUT2D eigenvalue weighted by Crippen LogP contribution is 2.29. The summed E-state index contributed by atoms with van der Waals surface area (Å²) < 4.78 is 0. The van der Waals surface area contributed by atoms with Crippen molar-refractivity contribution in [1.29, 1.82) is 0 Å². The molecule has 0 spiro atoms. The van der Waals surface area contributed by atoms with E-state index in [2.05, 4.69) is 16.8 Å². The third-order valence-corrected chi connectivity index (χ3v) is 3.87. The van der Waals surface area contributed by atoms with E-state index in [1.54, 1.807) is 4.90 Å². The van der Waals surface area contributed by atoms with Crippen LogP contribution in [0.2, 0.25) is 0 Å². The third-order valence-electron chi connectivity index (χ3n) is 3.87. The minimum Gasteiger partial charge on any atom is -0.480 e. The molecule has 112 valence electrons. The summed E-state index contributed by atoms with van der Waals surface area (Å²) in [7, 11) is 0. The van der Waals surface area contributed by atoms with Crippen molar-refractivity contribution in [3.8, 4) is 0 Å². The summed E-state index contributed by atoms with van der Waals surface area (Å²) in [5, 5.41) is 11.6. The maximum atomic E-state index is 12.0. The van der Waals surface area contributed by atoms with Gasteiger partial charge in [0, 0.05) is 32.7 Å². The number of rotatable bonds is 6. The van der Waals surface area contributed by atoms with Crippen LogP contribution in [0.15, 0.2) is 12.7 Å². The molecule has 6 heteroatoms. The van der Waals surface area contributed by atoms with Crippen molar-refractivity contribution in [2.75, 3.05) is 32.7 Å². The Kier molecular flexibility index (Phi) is 5.00. The number of piperazine rings is 1. The highest BCUT2D eigenvalue weighted by atomic mass is 16.4. The molecule has 1 aliphatic heterocycles. The molecular formula is C14H23N3O3. The predicted octanol–water partition coefficient (Wildman–Crippen LogP) is 0.753. The fraction of sp³-hybridized carbons (Fsp3) is 0.714. The highest BCUT2D eigenvalue weighted by Gasteiger charge is 2.28. The number of urea groups is 1. The molecule has 2 aliphatic rings. The first-order valence-corrected chi connectivity index (χ1v) is 7.21. The lowest BCUT2D eigenvalue weighted by atomic mass is 10.2. The summed E-state index contributed by atoms with van der Waals surface area (Å²) in [5.74, 6) is -0.162. The van der Waals surface area contributed by atoms with Crippen LogP contribution < -0.4 is 5.32 Å². The molecule has 2 rings (SSSR count). The Labute approximate surface area is 119 Å². The monoisotopic (exact) mass is 281 g/mol. The molecule has 1 saturated heterocycles. The van der Waals surface area contributed by atoms with Gasteiger partial charge in [0.1, 0.15) is 6.04 Å². The maximum absolute atomic E-state index is 12.0. The molecule has 20 heavy (non-hydrogen) atoms. The minimum absolute atomic E-state index is 0.239. The van der Waals surface area contributed by atoms with Crippen LogP contribution in [0.3, 0.4) is 0 Å². The second kappa shape index (κ2) is 6.74. The van der Waals surface area contributed by atoms with E-state index < -0.39 is 12.0 Å². The second-order valence-corrected chi connectivity index (χ2v) is 5.60. The molecule has 1 unspecified atom stereocenters. The Hall–Kier alpha value is -1.56. The third kappa shape index (κ3) is 4.23. The number of hydrogen-bond donors (Lipinski definition) is 2.